The van der Waals surface area contributed by atoms with Gasteiger partial charge in [0.15, 0.2) is 0 Å². The van der Waals surface area contributed by atoms with Gasteiger partial charge in [0.05, 0.1) is 11.0 Å². The molecule has 0 unspecified atom stereocenters. The average Bonchev–Trinajstić information content (AvgIpc) is 2.42. The Hall–Kier alpha value is -1.41. The molecular formula is C18H22O2. The molecule has 0 radical (unpaired) electrons. The molecule has 1 aromatic carbocycles. The van der Waals surface area contributed by atoms with E-state index < -0.39 is 5.41 Å². The van der Waals surface area contributed by atoms with Crippen LogP contribution in [0.5, 0.6) is 0 Å². The predicted octanol–water partition coefficient (Wildman–Crippen LogP) is 3.78. The highest BCUT2D eigenvalue weighted by Gasteiger charge is 2.55. The monoisotopic (exact) mass is 270 g/mol. The van der Waals surface area contributed by atoms with Gasteiger partial charge in [0.1, 0.15) is 5.78 Å². The Balaban J connectivity index is 2.10. The molecule has 106 valence electrons. The van der Waals surface area contributed by atoms with Gasteiger partial charge in [-0.05, 0) is 38.3 Å². The highest BCUT2D eigenvalue weighted by Crippen LogP contribution is 2.56. The summed E-state index contributed by atoms with van der Waals surface area (Å²) in [5, 5.41) is 0. The van der Waals surface area contributed by atoms with Crippen molar-refractivity contribution in [2.24, 2.45) is 11.3 Å². The van der Waals surface area contributed by atoms with Crippen molar-refractivity contribution in [2.75, 3.05) is 7.11 Å². The summed E-state index contributed by atoms with van der Waals surface area (Å²) in [5.74, 6) is 0.549. The first kappa shape index (κ1) is 13.6. The van der Waals surface area contributed by atoms with E-state index in [0.29, 0.717) is 12.2 Å². The maximum Gasteiger partial charge on any atom is 0.143 e. The van der Waals surface area contributed by atoms with Crippen LogP contribution in [0.3, 0.4) is 0 Å². The fourth-order valence-electron chi connectivity index (χ4n) is 3.81. The van der Waals surface area contributed by atoms with Crippen LogP contribution >= 0.6 is 0 Å². The van der Waals surface area contributed by atoms with E-state index in [1.807, 2.05) is 0 Å². The lowest BCUT2D eigenvalue weighted by Gasteiger charge is -2.52. The van der Waals surface area contributed by atoms with Crippen LogP contribution in [-0.4, -0.2) is 18.5 Å². The summed E-state index contributed by atoms with van der Waals surface area (Å²) in [4.78, 5) is 12.5. The van der Waals surface area contributed by atoms with Crippen LogP contribution in [0.25, 0.3) is 5.57 Å². The standard InChI is InChI=1S/C18H22O2/c1-12-5-7-13(8-6-12)15-9-14-10-16(19)17(15,2)11-18(14,3)20-4/h5-9,14H,10-11H2,1-4H3/t14-,17+,18-/m1/s1. The van der Waals surface area contributed by atoms with Gasteiger partial charge < -0.3 is 4.74 Å². The number of Topliss-reactive ketones (excluding diaryl/α,β-unsaturated/α-hetero) is 1. The van der Waals surface area contributed by atoms with Crippen molar-refractivity contribution in [1.29, 1.82) is 0 Å². The molecule has 0 spiro atoms. The number of methoxy groups -OCH3 is 1. The molecule has 1 fully saturated rings. The number of ether oxygens (including phenoxy) is 1. The molecule has 4 rings (SSSR count). The molecule has 2 heteroatoms. The number of carbonyl (C=O) groups is 1. The zero-order chi connectivity index (χ0) is 14.5. The van der Waals surface area contributed by atoms with E-state index in [1.54, 1.807) is 7.11 Å². The fraction of sp³-hybridized carbons (Fsp3) is 0.500. The molecule has 1 aromatic rings. The van der Waals surface area contributed by atoms with Crippen LogP contribution in [0.1, 0.15) is 37.8 Å². The second kappa shape index (κ2) is 4.29. The number of benzene rings is 1. The Labute approximate surface area is 120 Å². The first-order chi connectivity index (χ1) is 9.39. The summed E-state index contributed by atoms with van der Waals surface area (Å²) in [6.07, 6.45) is 3.66. The Morgan fingerprint density at radius 2 is 1.85 bits per heavy atom. The van der Waals surface area contributed by atoms with Crippen LogP contribution < -0.4 is 0 Å². The third-order valence-corrected chi connectivity index (χ3v) is 5.30. The number of aryl methyl sites for hydroxylation is 1. The van der Waals surface area contributed by atoms with E-state index in [2.05, 4.69) is 51.1 Å². The first-order valence-corrected chi connectivity index (χ1v) is 7.27. The van der Waals surface area contributed by atoms with Crippen molar-refractivity contribution in [3.8, 4) is 0 Å². The molecule has 20 heavy (non-hydrogen) atoms. The minimum atomic E-state index is -0.408. The normalized spacial score (nSPS) is 36.1. The van der Waals surface area contributed by atoms with Crippen molar-refractivity contribution < 1.29 is 9.53 Å². The van der Waals surface area contributed by atoms with Crippen LogP contribution in [0.4, 0.5) is 0 Å². The zero-order valence-corrected chi connectivity index (χ0v) is 12.7. The van der Waals surface area contributed by atoms with Gasteiger partial charge in [-0.1, -0.05) is 35.9 Å². The van der Waals surface area contributed by atoms with Crippen molar-refractivity contribution in [1.82, 2.24) is 0 Å². The van der Waals surface area contributed by atoms with Crippen molar-refractivity contribution in [3.05, 3.63) is 41.5 Å². The fourth-order valence-corrected chi connectivity index (χ4v) is 3.81. The summed E-state index contributed by atoms with van der Waals surface area (Å²) in [6, 6.07) is 8.48. The molecule has 0 heterocycles. The first-order valence-electron chi connectivity index (χ1n) is 7.27. The Morgan fingerprint density at radius 1 is 1.20 bits per heavy atom. The lowest BCUT2D eigenvalue weighted by atomic mass is 9.54. The number of rotatable bonds is 2. The summed E-state index contributed by atoms with van der Waals surface area (Å²) < 4.78 is 5.73. The SMILES string of the molecule is CO[C@]1(C)C[C@]2(C)C(=O)C[C@H]1C=C2c1ccc(C)cc1. The Kier molecular flexibility index (Phi) is 2.91. The second-order valence-electron chi connectivity index (χ2n) is 6.71. The maximum absolute atomic E-state index is 12.5. The molecule has 0 N–H and O–H groups in total. The van der Waals surface area contributed by atoms with Crippen LogP contribution in [-0.2, 0) is 9.53 Å². The maximum atomic E-state index is 12.5. The smallest absolute Gasteiger partial charge is 0.143 e. The topological polar surface area (TPSA) is 26.3 Å². The quantitative estimate of drug-likeness (QED) is 0.817. The van der Waals surface area contributed by atoms with E-state index in [1.165, 1.54) is 16.7 Å². The third-order valence-electron chi connectivity index (χ3n) is 5.30. The summed E-state index contributed by atoms with van der Waals surface area (Å²) in [5.41, 5.74) is 2.99. The third kappa shape index (κ3) is 1.78. The number of hydrogen-bond acceptors (Lipinski definition) is 2. The van der Waals surface area contributed by atoms with E-state index in [0.717, 1.165) is 6.42 Å². The summed E-state index contributed by atoms with van der Waals surface area (Å²) in [6.45, 7) is 6.29. The van der Waals surface area contributed by atoms with Crippen molar-refractivity contribution in [2.45, 2.75) is 39.2 Å². The highest BCUT2D eigenvalue weighted by molar-refractivity contribution is 6.01. The molecule has 0 amide bonds. The number of ketones is 1. The van der Waals surface area contributed by atoms with Crippen LogP contribution in [0, 0.1) is 18.3 Å². The molecule has 0 saturated heterocycles. The van der Waals surface area contributed by atoms with Gasteiger partial charge in [-0.3, -0.25) is 4.79 Å². The Morgan fingerprint density at radius 3 is 2.45 bits per heavy atom. The molecule has 2 bridgehead atoms. The van der Waals surface area contributed by atoms with Gasteiger partial charge in [-0.25, -0.2) is 0 Å². The van der Waals surface area contributed by atoms with Gasteiger partial charge >= 0.3 is 0 Å². The van der Waals surface area contributed by atoms with E-state index >= 15 is 0 Å². The highest BCUT2D eigenvalue weighted by atomic mass is 16.5. The summed E-state index contributed by atoms with van der Waals surface area (Å²) in [7, 11) is 1.76. The Bertz CT molecular complexity index is 584. The van der Waals surface area contributed by atoms with E-state index in [9.17, 15) is 4.79 Å². The van der Waals surface area contributed by atoms with Crippen LogP contribution in [0.15, 0.2) is 30.3 Å². The molecular weight excluding hydrogens is 248 g/mol. The number of allylic oxidation sites excluding steroid dienone is 1. The second-order valence-corrected chi connectivity index (χ2v) is 6.71. The molecule has 3 aliphatic rings. The minimum absolute atomic E-state index is 0.193. The molecule has 1 saturated carbocycles. The van der Waals surface area contributed by atoms with Gasteiger partial charge in [0.2, 0.25) is 0 Å². The predicted molar refractivity (Wildman–Crippen MR) is 80.4 cm³/mol. The van der Waals surface area contributed by atoms with Gasteiger partial charge in [-0.15, -0.1) is 0 Å². The number of carbonyl (C=O) groups excluding carboxylic acids is 1. The van der Waals surface area contributed by atoms with Crippen molar-refractivity contribution >= 4 is 11.4 Å². The molecule has 3 aliphatic carbocycles. The molecule has 3 atom stereocenters. The number of fused-ring (bicyclic) bond motifs is 2. The van der Waals surface area contributed by atoms with E-state index in [-0.39, 0.29) is 11.5 Å². The molecule has 0 aromatic heterocycles. The number of hydrogen-bond donors (Lipinski definition) is 0. The van der Waals surface area contributed by atoms with Crippen molar-refractivity contribution in [3.63, 3.8) is 0 Å². The van der Waals surface area contributed by atoms with Crippen LogP contribution in [0.2, 0.25) is 0 Å². The van der Waals surface area contributed by atoms with Gasteiger partial charge in [-0.2, -0.15) is 0 Å². The summed E-state index contributed by atoms with van der Waals surface area (Å²) >= 11 is 0. The largest absolute Gasteiger partial charge is 0.378 e. The molecule has 0 aliphatic heterocycles. The zero-order valence-electron chi connectivity index (χ0n) is 12.7. The lowest BCUT2D eigenvalue weighted by molar-refractivity contribution is -0.144. The van der Waals surface area contributed by atoms with Gasteiger partial charge in [0, 0.05) is 19.4 Å². The van der Waals surface area contributed by atoms with Gasteiger partial charge in [0.25, 0.3) is 0 Å². The minimum Gasteiger partial charge on any atom is -0.378 e. The average molecular weight is 270 g/mol. The molecule has 2 nitrogen and oxygen atoms in total. The lowest BCUT2D eigenvalue weighted by Crippen LogP contribution is -2.54. The van der Waals surface area contributed by atoms with E-state index in [4.69, 9.17) is 4.74 Å².